The molecule has 0 amide bonds. The third-order valence-corrected chi connectivity index (χ3v) is 7.23. The fraction of sp³-hybridized carbons (Fsp3) is 0.389. The summed E-state index contributed by atoms with van der Waals surface area (Å²) < 4.78 is 67.2. The molecule has 2 aliphatic rings. The molecule has 0 spiro atoms. The van der Waals surface area contributed by atoms with Gasteiger partial charge in [-0.3, -0.25) is 4.79 Å². The van der Waals surface area contributed by atoms with Gasteiger partial charge in [-0.15, -0.1) is 0 Å². The summed E-state index contributed by atoms with van der Waals surface area (Å²) in [5, 5.41) is 24.8. The van der Waals surface area contributed by atoms with E-state index < -0.39 is 36.5 Å². The first-order valence-electron chi connectivity index (χ1n) is 9.32. The molecule has 0 unspecified atom stereocenters. The van der Waals surface area contributed by atoms with Gasteiger partial charge in [0.1, 0.15) is 22.5 Å². The van der Waals surface area contributed by atoms with Crippen molar-refractivity contribution in [2.45, 2.75) is 36.0 Å². The van der Waals surface area contributed by atoms with E-state index in [0.717, 1.165) is 17.5 Å². The zero-order valence-electron chi connectivity index (χ0n) is 16.0. The van der Waals surface area contributed by atoms with Crippen molar-refractivity contribution in [3.05, 3.63) is 33.4 Å². The van der Waals surface area contributed by atoms with Gasteiger partial charge in [-0.25, -0.2) is 4.68 Å². The molecule has 2 N–H and O–H groups in total. The molecule has 1 aromatic heterocycles. The molecule has 2 aromatic rings. The average Bonchev–Trinajstić information content (AvgIpc) is 3.56. The highest BCUT2D eigenvalue weighted by atomic mass is 35.5. The number of hydrogen-bond acceptors (Lipinski definition) is 4. The zero-order chi connectivity index (χ0) is 23.8. The Morgan fingerprint density at radius 1 is 1.25 bits per heavy atom. The van der Waals surface area contributed by atoms with Gasteiger partial charge < -0.3 is 10.4 Å². The SMILES string of the molecule is N#Cc1nn(-c2c(Cl)cc(S(F)(F)(F)(F)F)cc2Cl)c(NCC2CC2)c1C1(C(=O)O)CC1. The van der Waals surface area contributed by atoms with E-state index >= 15 is 0 Å². The molecule has 2 aliphatic carbocycles. The first-order valence-corrected chi connectivity index (χ1v) is 12.0. The summed E-state index contributed by atoms with van der Waals surface area (Å²) in [5.41, 5.74) is -1.97. The van der Waals surface area contributed by atoms with Crippen LogP contribution in [-0.4, -0.2) is 27.4 Å². The molecule has 0 saturated heterocycles. The van der Waals surface area contributed by atoms with Gasteiger partial charge in [0.25, 0.3) is 0 Å². The number of carboxylic acids is 1. The van der Waals surface area contributed by atoms with Gasteiger partial charge in [0, 0.05) is 6.54 Å². The highest BCUT2D eigenvalue weighted by molar-refractivity contribution is 8.45. The molecule has 1 aromatic carbocycles. The average molecular weight is 517 g/mol. The maximum Gasteiger partial charge on any atom is 0.314 e. The first-order chi connectivity index (χ1) is 14.6. The Kier molecular flexibility index (Phi) is 4.61. The van der Waals surface area contributed by atoms with E-state index in [0.29, 0.717) is 6.54 Å². The van der Waals surface area contributed by atoms with Gasteiger partial charge in [0.15, 0.2) is 5.69 Å². The van der Waals surface area contributed by atoms with Crippen LogP contribution in [0.4, 0.5) is 25.2 Å². The number of carboxylic acid groups (broad SMARTS) is 1. The van der Waals surface area contributed by atoms with E-state index in [1.54, 1.807) is 6.07 Å². The van der Waals surface area contributed by atoms with Gasteiger partial charge >= 0.3 is 16.2 Å². The van der Waals surface area contributed by atoms with Gasteiger partial charge in [0.2, 0.25) is 0 Å². The summed E-state index contributed by atoms with van der Waals surface area (Å²) in [4.78, 5) is 9.66. The standard InChI is InChI=1S/C18H15Cl2F5N4O2S/c19-11-5-10(32(21,22,23,24)25)6-12(20)15(11)29-16(27-8-9-1-2-9)14(13(7-26)28-29)18(3-4-18)17(30)31/h5-6,9,27H,1-4,8H2,(H,30,31). The van der Waals surface area contributed by atoms with E-state index in [-0.39, 0.29) is 53.7 Å². The van der Waals surface area contributed by atoms with Crippen LogP contribution in [0, 0.1) is 17.2 Å². The van der Waals surface area contributed by atoms with E-state index in [9.17, 15) is 34.6 Å². The first kappa shape index (κ1) is 22.9. The Morgan fingerprint density at radius 3 is 2.22 bits per heavy atom. The van der Waals surface area contributed by atoms with Crippen molar-refractivity contribution in [1.82, 2.24) is 9.78 Å². The third kappa shape index (κ3) is 3.97. The molecule has 1 heterocycles. The molecule has 4 rings (SSSR count). The lowest BCUT2D eigenvalue weighted by Gasteiger charge is -2.40. The quantitative estimate of drug-likeness (QED) is 0.402. The van der Waals surface area contributed by atoms with Crippen LogP contribution in [0.3, 0.4) is 0 Å². The fourth-order valence-corrected chi connectivity index (χ4v) is 4.96. The van der Waals surface area contributed by atoms with Crippen molar-refractivity contribution in [2.75, 3.05) is 11.9 Å². The minimum atomic E-state index is -10.1. The number of halogens is 7. The monoisotopic (exact) mass is 516 g/mol. The summed E-state index contributed by atoms with van der Waals surface area (Å²) in [7, 11) is -10.1. The van der Waals surface area contributed by atoms with Crippen LogP contribution < -0.4 is 5.32 Å². The molecular weight excluding hydrogens is 502 g/mol. The number of rotatable bonds is 7. The molecule has 32 heavy (non-hydrogen) atoms. The van der Waals surface area contributed by atoms with E-state index in [2.05, 4.69) is 10.4 Å². The number of nitrogens with one attached hydrogen (secondary N) is 1. The van der Waals surface area contributed by atoms with E-state index in [4.69, 9.17) is 23.2 Å². The minimum Gasteiger partial charge on any atom is -0.481 e. The lowest BCUT2D eigenvalue weighted by molar-refractivity contribution is -0.140. The van der Waals surface area contributed by atoms with Crippen LogP contribution in [-0.2, 0) is 10.2 Å². The molecular formula is C18H15Cl2F5N4O2S. The summed E-state index contributed by atoms with van der Waals surface area (Å²) >= 11 is 11.9. The smallest absolute Gasteiger partial charge is 0.314 e. The van der Waals surface area contributed by atoms with Crippen LogP contribution in [0.2, 0.25) is 10.0 Å². The van der Waals surface area contributed by atoms with Gasteiger partial charge in [-0.1, -0.05) is 42.6 Å². The maximum absolute atomic E-state index is 13.3. The maximum atomic E-state index is 13.3. The summed E-state index contributed by atoms with van der Waals surface area (Å²) in [6, 6.07) is 1.90. The molecule has 2 fully saturated rings. The largest absolute Gasteiger partial charge is 0.481 e. The topological polar surface area (TPSA) is 90.9 Å². The number of aliphatic carboxylic acids is 1. The van der Waals surface area contributed by atoms with E-state index in [1.165, 1.54) is 0 Å². The van der Waals surface area contributed by atoms with Crippen molar-refractivity contribution in [3.8, 4) is 11.8 Å². The number of hydrogen-bond donors (Lipinski definition) is 2. The number of benzene rings is 1. The third-order valence-electron chi connectivity index (χ3n) is 5.53. The number of carbonyl (C=O) groups is 1. The summed E-state index contributed by atoms with van der Waals surface area (Å²) in [5.74, 6) is -0.855. The molecule has 0 radical (unpaired) electrons. The molecule has 6 nitrogen and oxygen atoms in total. The van der Waals surface area contributed by atoms with Crippen molar-refractivity contribution in [3.63, 3.8) is 0 Å². The summed E-state index contributed by atoms with van der Waals surface area (Å²) in [6.07, 6.45) is 2.30. The van der Waals surface area contributed by atoms with E-state index in [1.807, 2.05) is 0 Å². The minimum absolute atomic E-state index is 0.0391. The molecule has 174 valence electrons. The molecule has 0 atom stereocenters. The predicted octanol–water partition coefficient (Wildman–Crippen LogP) is 6.65. The molecule has 2 saturated carbocycles. The van der Waals surface area contributed by atoms with Crippen LogP contribution in [0.25, 0.3) is 5.69 Å². The normalized spacial score (nSPS) is 19.6. The summed E-state index contributed by atoms with van der Waals surface area (Å²) in [6.45, 7) is 0.387. The lowest BCUT2D eigenvalue weighted by atomic mass is 9.95. The molecule has 14 heteroatoms. The molecule has 0 aliphatic heterocycles. The van der Waals surface area contributed by atoms with Gasteiger partial charge in [-0.2, -0.15) is 10.4 Å². The Labute approximate surface area is 188 Å². The van der Waals surface area contributed by atoms with Crippen molar-refractivity contribution in [1.29, 1.82) is 5.26 Å². The fourth-order valence-electron chi connectivity index (χ4n) is 3.50. The Bertz CT molecular complexity index is 1180. The highest BCUT2D eigenvalue weighted by Gasteiger charge is 2.65. The number of nitriles is 1. The second-order valence-corrected chi connectivity index (χ2v) is 11.2. The van der Waals surface area contributed by atoms with Gasteiger partial charge in [0.05, 0.1) is 21.0 Å². The second kappa shape index (κ2) is 6.42. The van der Waals surface area contributed by atoms with Crippen LogP contribution in [0.1, 0.15) is 36.9 Å². The van der Waals surface area contributed by atoms with Crippen LogP contribution in [0.5, 0.6) is 0 Å². The van der Waals surface area contributed by atoms with Crippen LogP contribution in [0.15, 0.2) is 17.0 Å². The van der Waals surface area contributed by atoms with Crippen molar-refractivity contribution < 1.29 is 29.3 Å². The highest BCUT2D eigenvalue weighted by Crippen LogP contribution is 3.02. The van der Waals surface area contributed by atoms with Gasteiger partial charge in [-0.05, 0) is 43.7 Å². The van der Waals surface area contributed by atoms with Crippen molar-refractivity contribution >= 4 is 45.2 Å². The Balaban J connectivity index is 1.94. The predicted molar refractivity (Wildman–Crippen MR) is 109 cm³/mol. The number of anilines is 1. The molecule has 0 bridgehead atoms. The zero-order valence-corrected chi connectivity index (χ0v) is 18.3. The Hall–Kier alpha value is -2.23. The Morgan fingerprint density at radius 2 is 1.81 bits per heavy atom. The van der Waals surface area contributed by atoms with Crippen molar-refractivity contribution in [2.24, 2.45) is 5.92 Å². The van der Waals surface area contributed by atoms with Crippen LogP contribution >= 0.6 is 33.4 Å². The lowest BCUT2D eigenvalue weighted by Crippen LogP contribution is -2.22. The second-order valence-electron chi connectivity index (χ2n) is 8.01. The number of aromatic nitrogens is 2. The number of nitrogens with zero attached hydrogens (tertiary/aromatic N) is 3.